The summed E-state index contributed by atoms with van der Waals surface area (Å²) in [6.45, 7) is 1.87. The highest BCUT2D eigenvalue weighted by molar-refractivity contribution is 5.91. The van der Waals surface area contributed by atoms with E-state index in [1.807, 2.05) is 30.3 Å². The quantitative estimate of drug-likeness (QED) is 0.468. The van der Waals surface area contributed by atoms with E-state index in [0.29, 0.717) is 13.0 Å². The third-order valence-corrected chi connectivity index (χ3v) is 3.62. The highest BCUT2D eigenvalue weighted by Gasteiger charge is 2.23. The molecule has 132 valence electrons. The number of nitrogens with one attached hydrogen (secondary N) is 1. The highest BCUT2D eigenvalue weighted by atomic mass is 16.6. The van der Waals surface area contributed by atoms with Gasteiger partial charge in [0.2, 0.25) is 0 Å². The lowest BCUT2D eigenvalue weighted by Crippen LogP contribution is -2.37. The van der Waals surface area contributed by atoms with Crippen LogP contribution in [-0.4, -0.2) is 34.0 Å². The van der Waals surface area contributed by atoms with Gasteiger partial charge in [-0.1, -0.05) is 30.3 Å². The van der Waals surface area contributed by atoms with Gasteiger partial charge in [-0.25, -0.2) is 4.79 Å². The van der Waals surface area contributed by atoms with Crippen LogP contribution in [0.1, 0.15) is 23.0 Å². The van der Waals surface area contributed by atoms with E-state index in [2.05, 4.69) is 5.32 Å². The van der Waals surface area contributed by atoms with Crippen LogP contribution in [0.3, 0.4) is 0 Å². The second-order valence-corrected chi connectivity index (χ2v) is 5.53. The molecule has 8 nitrogen and oxygen atoms in total. The average Bonchev–Trinajstić information content (AvgIpc) is 2.98. The second kappa shape index (κ2) is 8.09. The summed E-state index contributed by atoms with van der Waals surface area (Å²) in [5.41, 5.74) is 0.883. The number of rotatable bonds is 7. The number of nitrogens with zero attached hydrogens (tertiary/aromatic N) is 2. The molecular formula is C17H19N3O5. The molecule has 0 radical (unpaired) electrons. The van der Waals surface area contributed by atoms with Gasteiger partial charge in [-0.15, -0.1) is 0 Å². The van der Waals surface area contributed by atoms with Gasteiger partial charge in [0.1, 0.15) is 5.69 Å². The minimum Gasteiger partial charge on any atom is -0.448 e. The number of nitro groups is 1. The molecule has 2 rings (SSSR count). The minimum absolute atomic E-state index is 0.00985. The number of aryl methyl sites for hydroxylation is 1. The Kier molecular flexibility index (Phi) is 5.89. The lowest BCUT2D eigenvalue weighted by molar-refractivity contribution is -0.384. The molecule has 8 heteroatoms. The van der Waals surface area contributed by atoms with Gasteiger partial charge >= 0.3 is 5.97 Å². The number of amides is 1. The van der Waals surface area contributed by atoms with Crippen LogP contribution in [0.15, 0.2) is 42.6 Å². The zero-order valence-corrected chi connectivity index (χ0v) is 14.0. The molecule has 1 heterocycles. The summed E-state index contributed by atoms with van der Waals surface area (Å²) in [5.74, 6) is -1.21. The summed E-state index contributed by atoms with van der Waals surface area (Å²) in [5, 5.41) is 13.4. The number of aromatic nitrogens is 1. The highest BCUT2D eigenvalue weighted by Crippen LogP contribution is 2.16. The van der Waals surface area contributed by atoms with E-state index in [9.17, 15) is 19.7 Å². The summed E-state index contributed by atoms with van der Waals surface area (Å²) >= 11 is 0. The molecule has 0 fully saturated rings. The molecule has 0 aliphatic rings. The van der Waals surface area contributed by atoms with Gasteiger partial charge in [0, 0.05) is 19.7 Å². The van der Waals surface area contributed by atoms with Crippen LogP contribution in [0.5, 0.6) is 0 Å². The first-order valence-corrected chi connectivity index (χ1v) is 7.72. The molecule has 2 aromatic rings. The Hall–Kier alpha value is -3.16. The number of benzene rings is 1. The Morgan fingerprint density at radius 2 is 2.00 bits per heavy atom. The predicted molar refractivity (Wildman–Crippen MR) is 90.1 cm³/mol. The van der Waals surface area contributed by atoms with Gasteiger partial charge < -0.3 is 14.6 Å². The van der Waals surface area contributed by atoms with E-state index >= 15 is 0 Å². The van der Waals surface area contributed by atoms with Gasteiger partial charge in [-0.2, -0.15) is 0 Å². The standard InChI is InChI=1S/C17H19N3O5/c1-12(16(21)18-9-8-13-6-4-3-5-7-13)25-17(22)15-10-14(20(23)24)11-19(15)2/h3-7,10-12H,8-9H2,1-2H3,(H,18,21). The fourth-order valence-corrected chi connectivity index (χ4v) is 2.24. The molecule has 0 saturated carbocycles. The molecule has 1 aromatic carbocycles. The minimum atomic E-state index is -1.00. The molecular weight excluding hydrogens is 326 g/mol. The molecule has 1 atom stereocenters. The van der Waals surface area contributed by atoms with Gasteiger partial charge in [-0.05, 0) is 18.9 Å². The molecule has 0 bridgehead atoms. The normalized spacial score (nSPS) is 11.6. The first-order valence-electron chi connectivity index (χ1n) is 7.72. The van der Waals surface area contributed by atoms with Gasteiger partial charge in [0.15, 0.2) is 6.10 Å². The van der Waals surface area contributed by atoms with E-state index in [4.69, 9.17) is 4.74 Å². The third kappa shape index (κ3) is 4.90. The summed E-state index contributed by atoms with van der Waals surface area (Å²) in [6.07, 6.45) is 0.871. The Morgan fingerprint density at radius 1 is 1.32 bits per heavy atom. The zero-order valence-electron chi connectivity index (χ0n) is 14.0. The van der Waals surface area contributed by atoms with E-state index in [1.165, 1.54) is 24.7 Å². The predicted octanol–water partition coefficient (Wildman–Crippen LogP) is 1.84. The molecule has 0 saturated heterocycles. The fourth-order valence-electron chi connectivity index (χ4n) is 2.24. The topological polar surface area (TPSA) is 103 Å². The van der Waals surface area contributed by atoms with Crippen molar-refractivity contribution in [1.82, 2.24) is 9.88 Å². The Bertz CT molecular complexity index is 770. The Morgan fingerprint density at radius 3 is 2.60 bits per heavy atom. The van der Waals surface area contributed by atoms with Crippen molar-refractivity contribution in [2.45, 2.75) is 19.4 Å². The van der Waals surface area contributed by atoms with Crippen molar-refractivity contribution in [3.8, 4) is 0 Å². The Labute approximate surface area is 144 Å². The monoisotopic (exact) mass is 345 g/mol. The fraction of sp³-hybridized carbons (Fsp3) is 0.294. The third-order valence-electron chi connectivity index (χ3n) is 3.62. The number of ether oxygens (including phenoxy) is 1. The van der Waals surface area contributed by atoms with Crippen molar-refractivity contribution in [3.63, 3.8) is 0 Å². The lowest BCUT2D eigenvalue weighted by atomic mass is 10.1. The second-order valence-electron chi connectivity index (χ2n) is 5.53. The Balaban J connectivity index is 1.85. The average molecular weight is 345 g/mol. The SMILES string of the molecule is CC(OC(=O)c1cc([N+](=O)[O-])cn1C)C(=O)NCCc1ccccc1. The lowest BCUT2D eigenvalue weighted by Gasteiger charge is -2.13. The van der Waals surface area contributed by atoms with E-state index in [1.54, 1.807) is 0 Å². The molecule has 0 spiro atoms. The van der Waals surface area contributed by atoms with Crippen LogP contribution >= 0.6 is 0 Å². The van der Waals surface area contributed by atoms with Crippen molar-refractivity contribution in [3.05, 3.63) is 64.0 Å². The first-order chi connectivity index (χ1) is 11.9. The van der Waals surface area contributed by atoms with Crippen LogP contribution in [0, 0.1) is 10.1 Å². The van der Waals surface area contributed by atoms with Crippen LogP contribution in [0.2, 0.25) is 0 Å². The molecule has 1 N–H and O–H groups in total. The molecule has 1 unspecified atom stereocenters. The van der Waals surface area contributed by atoms with Crippen molar-refractivity contribution in [1.29, 1.82) is 0 Å². The molecule has 0 aliphatic heterocycles. The van der Waals surface area contributed by atoms with E-state index in [-0.39, 0.29) is 11.4 Å². The molecule has 0 aliphatic carbocycles. The molecule has 1 aromatic heterocycles. The van der Waals surface area contributed by atoms with Crippen molar-refractivity contribution in [2.24, 2.45) is 7.05 Å². The summed E-state index contributed by atoms with van der Waals surface area (Å²) in [7, 11) is 1.49. The zero-order chi connectivity index (χ0) is 18.4. The maximum atomic E-state index is 12.1. The molecule has 1 amide bonds. The summed E-state index contributed by atoms with van der Waals surface area (Å²) in [6, 6.07) is 10.8. The summed E-state index contributed by atoms with van der Waals surface area (Å²) < 4.78 is 6.37. The van der Waals surface area contributed by atoms with Crippen LogP contribution in [0.25, 0.3) is 0 Å². The maximum absolute atomic E-state index is 12.1. The van der Waals surface area contributed by atoms with Gasteiger partial charge in [-0.3, -0.25) is 14.9 Å². The van der Waals surface area contributed by atoms with E-state index in [0.717, 1.165) is 11.6 Å². The van der Waals surface area contributed by atoms with Gasteiger partial charge in [0.25, 0.3) is 11.6 Å². The van der Waals surface area contributed by atoms with Gasteiger partial charge in [0.05, 0.1) is 11.1 Å². The number of hydrogen-bond acceptors (Lipinski definition) is 5. The molecule has 25 heavy (non-hydrogen) atoms. The van der Waals surface area contributed by atoms with Crippen LogP contribution in [0.4, 0.5) is 5.69 Å². The first kappa shape index (κ1) is 18.2. The summed E-state index contributed by atoms with van der Waals surface area (Å²) in [4.78, 5) is 34.2. The van der Waals surface area contributed by atoms with Crippen LogP contribution < -0.4 is 5.32 Å². The maximum Gasteiger partial charge on any atom is 0.355 e. The number of esters is 1. The van der Waals surface area contributed by atoms with Crippen molar-refractivity contribution in [2.75, 3.05) is 6.54 Å². The smallest absolute Gasteiger partial charge is 0.355 e. The largest absolute Gasteiger partial charge is 0.448 e. The van der Waals surface area contributed by atoms with Crippen LogP contribution in [-0.2, 0) is 23.0 Å². The van der Waals surface area contributed by atoms with Crippen molar-refractivity contribution < 1.29 is 19.2 Å². The number of hydrogen-bond donors (Lipinski definition) is 1. The van der Waals surface area contributed by atoms with Crippen molar-refractivity contribution >= 4 is 17.6 Å². The van der Waals surface area contributed by atoms with E-state index < -0.39 is 22.9 Å². The number of carbonyl (C=O) groups is 2. The number of carbonyl (C=O) groups excluding carboxylic acids is 2.